The zero-order valence-electron chi connectivity index (χ0n) is 19.3. The largest absolute Gasteiger partial charge is 0.418 e. The zero-order valence-corrected chi connectivity index (χ0v) is 19.3. The smallest absolute Gasteiger partial charge is 0.328 e. The summed E-state index contributed by atoms with van der Waals surface area (Å²) in [6.07, 6.45) is 4.25. The van der Waals surface area contributed by atoms with Gasteiger partial charge in [-0.15, -0.1) is 0 Å². The number of rotatable bonds is 13. The van der Waals surface area contributed by atoms with E-state index in [4.69, 9.17) is 19.9 Å². The number of aromatic nitrogens is 3. The molecule has 1 heterocycles. The molecule has 198 valence electrons. The molecule has 1 aromatic carbocycles. The van der Waals surface area contributed by atoms with E-state index in [0.717, 1.165) is 19.3 Å². The normalized spacial score (nSPS) is 20.7. The second-order valence-corrected chi connectivity index (χ2v) is 8.63. The topological polar surface area (TPSA) is 116 Å². The summed E-state index contributed by atoms with van der Waals surface area (Å²) in [5.74, 6) is -11.2. The number of nitrogens with one attached hydrogen (secondary N) is 2. The number of nitrogens with two attached hydrogens (primary N) is 1. The maximum Gasteiger partial charge on any atom is 0.328 e. The van der Waals surface area contributed by atoms with Crippen molar-refractivity contribution in [2.75, 3.05) is 50.2 Å². The fraction of sp³-hybridized carbons (Fsp3) is 0.591. The Labute approximate surface area is 203 Å². The minimum Gasteiger partial charge on any atom is -0.418 e. The molecule has 0 aliphatic heterocycles. The molecule has 0 amide bonds. The summed E-state index contributed by atoms with van der Waals surface area (Å²) < 4.78 is 84.4. The van der Waals surface area contributed by atoms with Crippen molar-refractivity contribution in [2.45, 2.75) is 31.7 Å². The van der Waals surface area contributed by atoms with E-state index in [1.165, 1.54) is 6.42 Å². The van der Waals surface area contributed by atoms with Gasteiger partial charge in [0.15, 0.2) is 0 Å². The Morgan fingerprint density at radius 1 is 0.778 bits per heavy atom. The summed E-state index contributed by atoms with van der Waals surface area (Å²) >= 11 is 0. The quantitative estimate of drug-likeness (QED) is 0.159. The lowest BCUT2D eigenvalue weighted by Gasteiger charge is -2.23. The Kier molecular flexibility index (Phi) is 8.69. The molecule has 2 bridgehead atoms. The third-order valence-electron chi connectivity index (χ3n) is 6.19. The van der Waals surface area contributed by atoms with Crippen LogP contribution in [0.2, 0.25) is 0 Å². The Hall–Kier alpha value is -2.84. The van der Waals surface area contributed by atoms with Crippen molar-refractivity contribution >= 4 is 11.9 Å². The van der Waals surface area contributed by atoms with E-state index in [0.29, 0.717) is 38.2 Å². The SMILES string of the molecule is NCCOCCOCCNc1nc(NC2CC3CCC2C3)nc(Oc2c(F)c(F)c(F)c(F)c2F)n1. The van der Waals surface area contributed by atoms with Gasteiger partial charge < -0.3 is 30.6 Å². The summed E-state index contributed by atoms with van der Waals surface area (Å²) in [5.41, 5.74) is 5.33. The third-order valence-corrected chi connectivity index (χ3v) is 6.19. The molecule has 36 heavy (non-hydrogen) atoms. The van der Waals surface area contributed by atoms with E-state index < -0.39 is 40.8 Å². The molecule has 3 atom stereocenters. The van der Waals surface area contributed by atoms with Gasteiger partial charge in [0.25, 0.3) is 0 Å². The lowest BCUT2D eigenvalue weighted by atomic mass is 9.95. The second kappa shape index (κ2) is 11.9. The van der Waals surface area contributed by atoms with Gasteiger partial charge in [-0.3, -0.25) is 0 Å². The predicted octanol–water partition coefficient (Wildman–Crippen LogP) is 3.36. The summed E-state index contributed by atoms with van der Waals surface area (Å²) in [4.78, 5) is 12.2. The van der Waals surface area contributed by atoms with E-state index in [1.54, 1.807) is 0 Å². The minimum absolute atomic E-state index is 0.0301. The standard InChI is InChI=1S/C22H27F5N6O3/c23-14-15(24)17(26)19(18(27)16(14)25)36-22-32-20(29-4-6-35-8-7-34-5-3-28)31-21(33-22)30-13-10-11-1-2-12(13)9-11/h11-13H,1-10,28H2,(H2,29,30,31,32,33). The summed E-state index contributed by atoms with van der Waals surface area (Å²) in [6.45, 7) is 2.05. The molecule has 1 aromatic heterocycles. The molecule has 0 radical (unpaired) electrons. The van der Waals surface area contributed by atoms with E-state index in [-0.39, 0.29) is 31.1 Å². The molecule has 2 aromatic rings. The molecule has 2 fully saturated rings. The molecule has 2 aliphatic rings. The molecular weight excluding hydrogens is 491 g/mol. The number of hydrogen-bond acceptors (Lipinski definition) is 9. The van der Waals surface area contributed by atoms with E-state index >= 15 is 0 Å². The number of ether oxygens (including phenoxy) is 3. The maximum absolute atomic E-state index is 14.1. The van der Waals surface area contributed by atoms with Gasteiger partial charge in [0.1, 0.15) is 0 Å². The van der Waals surface area contributed by atoms with Crippen molar-refractivity contribution in [1.29, 1.82) is 0 Å². The summed E-state index contributed by atoms with van der Waals surface area (Å²) in [7, 11) is 0. The second-order valence-electron chi connectivity index (χ2n) is 8.63. The molecule has 14 heteroatoms. The van der Waals surface area contributed by atoms with Gasteiger partial charge in [-0.05, 0) is 31.1 Å². The molecule has 0 saturated heterocycles. The molecule has 3 unspecified atom stereocenters. The van der Waals surface area contributed by atoms with Crippen molar-refractivity contribution in [3.63, 3.8) is 0 Å². The number of hydrogen-bond donors (Lipinski definition) is 3. The van der Waals surface area contributed by atoms with Crippen LogP contribution in [0.5, 0.6) is 11.8 Å². The van der Waals surface area contributed by atoms with Crippen molar-refractivity contribution in [1.82, 2.24) is 15.0 Å². The molecule has 2 aliphatic carbocycles. The molecule has 2 saturated carbocycles. The van der Waals surface area contributed by atoms with Crippen LogP contribution in [0.4, 0.5) is 33.8 Å². The predicted molar refractivity (Wildman–Crippen MR) is 118 cm³/mol. The van der Waals surface area contributed by atoms with Gasteiger partial charge in [-0.2, -0.15) is 23.7 Å². The van der Waals surface area contributed by atoms with Crippen LogP contribution in [0.3, 0.4) is 0 Å². The highest BCUT2D eigenvalue weighted by Crippen LogP contribution is 2.45. The highest BCUT2D eigenvalue weighted by molar-refractivity contribution is 5.39. The van der Waals surface area contributed by atoms with Crippen LogP contribution in [0.25, 0.3) is 0 Å². The number of halogens is 5. The molecular formula is C22H27F5N6O3. The fourth-order valence-electron chi connectivity index (χ4n) is 4.54. The molecule has 4 N–H and O–H groups in total. The van der Waals surface area contributed by atoms with Crippen molar-refractivity contribution in [3.05, 3.63) is 29.1 Å². The van der Waals surface area contributed by atoms with E-state index in [2.05, 4.69) is 25.6 Å². The van der Waals surface area contributed by atoms with Crippen molar-refractivity contribution in [2.24, 2.45) is 17.6 Å². The van der Waals surface area contributed by atoms with Gasteiger partial charge in [0, 0.05) is 19.1 Å². The molecule has 4 rings (SSSR count). The first-order valence-corrected chi connectivity index (χ1v) is 11.7. The average molecular weight is 518 g/mol. The van der Waals surface area contributed by atoms with Gasteiger partial charge >= 0.3 is 6.01 Å². The van der Waals surface area contributed by atoms with Gasteiger partial charge in [0.05, 0.1) is 26.4 Å². The van der Waals surface area contributed by atoms with Gasteiger partial charge in [0.2, 0.25) is 46.7 Å². The Morgan fingerprint density at radius 2 is 1.44 bits per heavy atom. The van der Waals surface area contributed by atoms with Crippen molar-refractivity contribution < 1.29 is 36.2 Å². The zero-order chi connectivity index (χ0) is 25.7. The van der Waals surface area contributed by atoms with Crippen LogP contribution >= 0.6 is 0 Å². The highest BCUT2D eigenvalue weighted by Gasteiger charge is 2.40. The summed E-state index contributed by atoms with van der Waals surface area (Å²) in [6, 6.07) is -0.546. The minimum atomic E-state index is -2.29. The molecule has 9 nitrogen and oxygen atoms in total. The average Bonchev–Trinajstić information content (AvgIpc) is 3.49. The first-order chi connectivity index (χ1) is 17.4. The number of fused-ring (bicyclic) bond motifs is 2. The van der Waals surface area contributed by atoms with Crippen molar-refractivity contribution in [3.8, 4) is 11.8 Å². The Morgan fingerprint density at radius 3 is 2.08 bits per heavy atom. The maximum atomic E-state index is 14.1. The number of benzene rings is 1. The van der Waals surface area contributed by atoms with Gasteiger partial charge in [-0.1, -0.05) is 6.42 Å². The summed E-state index contributed by atoms with van der Waals surface area (Å²) in [5, 5.41) is 6.06. The number of nitrogens with zero attached hydrogens (tertiary/aromatic N) is 3. The Bertz CT molecular complexity index is 1040. The fourth-order valence-corrected chi connectivity index (χ4v) is 4.54. The van der Waals surface area contributed by atoms with Crippen LogP contribution in [0.15, 0.2) is 0 Å². The van der Waals surface area contributed by atoms with Crippen LogP contribution in [-0.2, 0) is 9.47 Å². The van der Waals surface area contributed by atoms with Crippen LogP contribution in [0.1, 0.15) is 25.7 Å². The van der Waals surface area contributed by atoms with Crippen LogP contribution in [-0.4, -0.2) is 60.5 Å². The highest BCUT2D eigenvalue weighted by atomic mass is 19.2. The first kappa shape index (κ1) is 26.2. The van der Waals surface area contributed by atoms with Crippen LogP contribution < -0.4 is 21.1 Å². The lowest BCUT2D eigenvalue weighted by molar-refractivity contribution is 0.0547. The number of anilines is 2. The monoisotopic (exact) mass is 518 g/mol. The van der Waals surface area contributed by atoms with E-state index in [1.807, 2.05) is 0 Å². The van der Waals surface area contributed by atoms with Crippen LogP contribution in [0, 0.1) is 40.9 Å². The lowest BCUT2D eigenvalue weighted by Crippen LogP contribution is -2.27. The van der Waals surface area contributed by atoms with E-state index in [9.17, 15) is 22.0 Å². The third kappa shape index (κ3) is 6.10. The first-order valence-electron chi connectivity index (χ1n) is 11.7. The Balaban J connectivity index is 1.47. The molecule has 0 spiro atoms. The van der Waals surface area contributed by atoms with Gasteiger partial charge in [-0.25, -0.2) is 13.2 Å².